The van der Waals surface area contributed by atoms with Crippen molar-refractivity contribution in [1.29, 1.82) is 0 Å². The highest BCUT2D eigenvalue weighted by Gasteiger charge is 2.19. The number of carbonyl (C=O) groups excluding carboxylic acids is 1. The molecule has 21 heavy (non-hydrogen) atoms. The van der Waals surface area contributed by atoms with Crippen molar-refractivity contribution in [2.75, 3.05) is 18.5 Å². The molecule has 0 spiro atoms. The van der Waals surface area contributed by atoms with E-state index >= 15 is 0 Å². The van der Waals surface area contributed by atoms with Crippen molar-refractivity contribution >= 4 is 23.0 Å². The van der Waals surface area contributed by atoms with E-state index in [4.69, 9.17) is 0 Å². The molecule has 2 rings (SSSR count). The van der Waals surface area contributed by atoms with Crippen molar-refractivity contribution in [3.63, 3.8) is 0 Å². The molecule has 112 valence electrons. The lowest BCUT2D eigenvalue weighted by Gasteiger charge is -2.28. The second kappa shape index (κ2) is 6.83. The summed E-state index contributed by atoms with van der Waals surface area (Å²) in [5.41, 5.74) is 2.87. The van der Waals surface area contributed by atoms with E-state index in [0.29, 0.717) is 5.84 Å². The normalized spacial score (nSPS) is 15.7. The van der Waals surface area contributed by atoms with E-state index in [-0.39, 0.29) is 17.2 Å². The molecule has 7 nitrogen and oxygen atoms in total. The number of benzene rings is 1. The SMILES string of the molecule is CC(=O)C(=NNc1ccccc1[N+](=O)[O-])N1CCCCC1. The monoisotopic (exact) mass is 290 g/mol. The number of amidine groups is 1. The van der Waals surface area contributed by atoms with Gasteiger partial charge in [-0.15, -0.1) is 0 Å². The molecule has 1 saturated heterocycles. The number of anilines is 1. The van der Waals surface area contributed by atoms with E-state index in [1.54, 1.807) is 18.2 Å². The van der Waals surface area contributed by atoms with Gasteiger partial charge in [0.15, 0.2) is 11.6 Å². The predicted molar refractivity (Wildman–Crippen MR) is 80.3 cm³/mol. The van der Waals surface area contributed by atoms with Gasteiger partial charge in [0.05, 0.1) is 4.92 Å². The number of nitrogens with zero attached hydrogens (tertiary/aromatic N) is 3. The Balaban J connectivity index is 2.20. The van der Waals surface area contributed by atoms with Crippen molar-refractivity contribution < 1.29 is 9.72 Å². The number of nitro benzene ring substituents is 1. The average molecular weight is 290 g/mol. The van der Waals surface area contributed by atoms with E-state index in [1.165, 1.54) is 13.0 Å². The van der Waals surface area contributed by atoms with Crippen molar-refractivity contribution in [2.45, 2.75) is 26.2 Å². The van der Waals surface area contributed by atoms with Crippen LogP contribution in [0.5, 0.6) is 0 Å². The molecule has 0 saturated carbocycles. The molecular formula is C14H18N4O3. The Kier molecular flexibility index (Phi) is 4.86. The first-order valence-corrected chi connectivity index (χ1v) is 6.92. The number of hydrogen-bond donors (Lipinski definition) is 1. The van der Waals surface area contributed by atoms with Crippen molar-refractivity contribution in [3.8, 4) is 0 Å². The summed E-state index contributed by atoms with van der Waals surface area (Å²) in [4.78, 5) is 24.1. The van der Waals surface area contributed by atoms with Crippen LogP contribution in [0, 0.1) is 10.1 Å². The smallest absolute Gasteiger partial charge is 0.294 e. The Labute approximate surface area is 122 Å². The maximum atomic E-state index is 11.7. The van der Waals surface area contributed by atoms with E-state index in [1.807, 2.05) is 4.90 Å². The summed E-state index contributed by atoms with van der Waals surface area (Å²) < 4.78 is 0. The molecule has 1 aliphatic heterocycles. The molecule has 1 heterocycles. The van der Waals surface area contributed by atoms with E-state index in [0.717, 1.165) is 32.4 Å². The summed E-state index contributed by atoms with van der Waals surface area (Å²) in [5, 5.41) is 15.0. The maximum Gasteiger partial charge on any atom is 0.294 e. The first-order chi connectivity index (χ1) is 10.1. The lowest BCUT2D eigenvalue weighted by Crippen LogP contribution is -2.39. The summed E-state index contributed by atoms with van der Waals surface area (Å²) in [5.74, 6) is 0.177. The maximum absolute atomic E-state index is 11.7. The molecule has 0 aliphatic carbocycles. The summed E-state index contributed by atoms with van der Waals surface area (Å²) in [6, 6.07) is 6.23. The first kappa shape index (κ1) is 15.0. The minimum absolute atomic E-state index is 0.0669. The van der Waals surface area contributed by atoms with Crippen molar-refractivity contribution in [1.82, 2.24) is 4.90 Å². The third-order valence-electron chi connectivity index (χ3n) is 3.35. The van der Waals surface area contributed by atoms with Gasteiger partial charge < -0.3 is 4.90 Å². The van der Waals surface area contributed by atoms with Crippen LogP contribution in [-0.2, 0) is 4.79 Å². The van der Waals surface area contributed by atoms with E-state index in [2.05, 4.69) is 10.5 Å². The average Bonchev–Trinajstić information content (AvgIpc) is 2.48. The van der Waals surface area contributed by atoms with Crippen LogP contribution >= 0.6 is 0 Å². The molecule has 0 unspecified atom stereocenters. The third-order valence-corrected chi connectivity index (χ3v) is 3.35. The minimum Gasteiger partial charge on any atom is -0.352 e. The molecule has 1 aromatic rings. The topological polar surface area (TPSA) is 87.8 Å². The van der Waals surface area contributed by atoms with Crippen LogP contribution in [0.1, 0.15) is 26.2 Å². The molecule has 0 radical (unpaired) electrons. The number of piperidine rings is 1. The van der Waals surface area contributed by atoms with E-state index in [9.17, 15) is 14.9 Å². The van der Waals surface area contributed by atoms with Gasteiger partial charge in [-0.05, 0) is 25.3 Å². The number of likely N-dealkylation sites (tertiary alicyclic amines) is 1. The van der Waals surface area contributed by atoms with Gasteiger partial charge in [-0.25, -0.2) is 0 Å². The number of hydrogen-bond acceptors (Lipinski definition) is 5. The molecule has 1 N–H and O–H groups in total. The van der Waals surface area contributed by atoms with Gasteiger partial charge in [0, 0.05) is 26.1 Å². The summed E-state index contributed by atoms with van der Waals surface area (Å²) in [7, 11) is 0. The fourth-order valence-corrected chi connectivity index (χ4v) is 2.32. The van der Waals surface area contributed by atoms with Crippen molar-refractivity contribution in [2.24, 2.45) is 5.10 Å². The van der Waals surface area contributed by atoms with E-state index < -0.39 is 4.92 Å². The highest BCUT2D eigenvalue weighted by Crippen LogP contribution is 2.23. The Morgan fingerprint density at radius 3 is 2.57 bits per heavy atom. The second-order valence-electron chi connectivity index (χ2n) is 4.93. The summed E-state index contributed by atoms with van der Waals surface area (Å²) >= 11 is 0. The van der Waals surface area contributed by atoms with Gasteiger partial charge in [-0.3, -0.25) is 20.3 Å². The largest absolute Gasteiger partial charge is 0.352 e. The zero-order valence-electron chi connectivity index (χ0n) is 11.9. The van der Waals surface area contributed by atoms with Gasteiger partial charge in [0.25, 0.3) is 5.69 Å². The van der Waals surface area contributed by atoms with Crippen LogP contribution in [0.3, 0.4) is 0 Å². The minimum atomic E-state index is -0.480. The number of ketones is 1. The summed E-state index contributed by atoms with van der Waals surface area (Å²) in [6.45, 7) is 3.03. The zero-order valence-corrected chi connectivity index (χ0v) is 11.9. The Hall–Kier alpha value is -2.44. The number of rotatable bonds is 4. The number of carbonyl (C=O) groups is 1. The number of para-hydroxylation sites is 2. The Morgan fingerprint density at radius 2 is 1.95 bits per heavy atom. The van der Waals surface area contributed by atoms with Gasteiger partial charge in [0.1, 0.15) is 5.69 Å². The molecule has 0 amide bonds. The predicted octanol–water partition coefficient (Wildman–Crippen LogP) is 2.40. The highest BCUT2D eigenvalue weighted by molar-refractivity contribution is 6.37. The van der Waals surface area contributed by atoms with Gasteiger partial charge >= 0.3 is 0 Å². The number of nitro groups is 1. The molecule has 7 heteroatoms. The van der Waals surface area contributed by atoms with Gasteiger partial charge in [-0.2, -0.15) is 5.10 Å². The van der Waals surface area contributed by atoms with Crippen LogP contribution in [0.15, 0.2) is 29.4 Å². The van der Waals surface area contributed by atoms with Crippen LogP contribution in [0.2, 0.25) is 0 Å². The van der Waals surface area contributed by atoms with Crippen molar-refractivity contribution in [3.05, 3.63) is 34.4 Å². The molecule has 1 aliphatic rings. The molecule has 0 bridgehead atoms. The van der Waals surface area contributed by atoms with Crippen LogP contribution < -0.4 is 5.43 Å². The lowest BCUT2D eigenvalue weighted by atomic mass is 10.1. The number of hydrazone groups is 1. The summed E-state index contributed by atoms with van der Waals surface area (Å²) in [6.07, 6.45) is 3.20. The van der Waals surface area contributed by atoms with Crippen LogP contribution in [0.25, 0.3) is 0 Å². The fraction of sp³-hybridized carbons (Fsp3) is 0.429. The van der Waals surface area contributed by atoms with Crippen LogP contribution in [0.4, 0.5) is 11.4 Å². The molecule has 0 atom stereocenters. The zero-order chi connectivity index (χ0) is 15.2. The third kappa shape index (κ3) is 3.77. The molecular weight excluding hydrogens is 272 g/mol. The Bertz CT molecular complexity index is 565. The first-order valence-electron chi connectivity index (χ1n) is 6.92. The van der Waals surface area contributed by atoms with Gasteiger partial charge in [0.2, 0.25) is 0 Å². The Morgan fingerprint density at radius 1 is 1.29 bits per heavy atom. The van der Waals surface area contributed by atoms with Gasteiger partial charge in [-0.1, -0.05) is 12.1 Å². The van der Waals surface area contributed by atoms with Crippen LogP contribution in [-0.4, -0.2) is 34.5 Å². The quantitative estimate of drug-likeness (QED) is 0.398. The lowest BCUT2D eigenvalue weighted by molar-refractivity contribution is -0.384. The standard InChI is InChI=1S/C14H18N4O3/c1-11(19)14(17-9-5-2-6-10-17)16-15-12-7-3-4-8-13(12)18(20)21/h3-4,7-8,15H,2,5-6,9-10H2,1H3. The molecule has 1 fully saturated rings. The number of Topliss-reactive ketones (excluding diaryl/α,β-unsaturated/α-hetero) is 1. The molecule has 1 aromatic carbocycles. The second-order valence-corrected chi connectivity index (χ2v) is 4.93. The molecule has 0 aromatic heterocycles. The fourth-order valence-electron chi connectivity index (χ4n) is 2.32. The number of nitrogens with one attached hydrogen (secondary N) is 1. The highest BCUT2D eigenvalue weighted by atomic mass is 16.6.